The average molecular weight is 642 g/mol. The van der Waals surface area contributed by atoms with Gasteiger partial charge in [-0.05, 0) is 59.2 Å². The molecular weight excluding hydrogens is 603 g/mol. The van der Waals surface area contributed by atoms with Crippen molar-refractivity contribution in [1.82, 2.24) is 20.4 Å². The summed E-state index contributed by atoms with van der Waals surface area (Å²) in [6, 6.07) is 33.2. The highest BCUT2D eigenvalue weighted by Crippen LogP contribution is 2.38. The van der Waals surface area contributed by atoms with Crippen molar-refractivity contribution in [3.8, 4) is 0 Å². The summed E-state index contributed by atoms with van der Waals surface area (Å²) in [7, 11) is 1.84. The van der Waals surface area contributed by atoms with Gasteiger partial charge in [-0.15, -0.1) is 0 Å². The number of halogens is 2. The number of rotatable bonds is 8. The summed E-state index contributed by atoms with van der Waals surface area (Å²) in [4.78, 5) is 30.8. The van der Waals surface area contributed by atoms with Crippen LogP contribution in [0.1, 0.15) is 59.2 Å². The molecule has 2 heterocycles. The van der Waals surface area contributed by atoms with Crippen molar-refractivity contribution < 1.29 is 9.59 Å². The van der Waals surface area contributed by atoms with Gasteiger partial charge in [0.15, 0.2) is 0 Å². The van der Waals surface area contributed by atoms with Gasteiger partial charge in [0.25, 0.3) is 0 Å². The molecular formula is C37H38Cl2N4O2. The minimum absolute atomic E-state index is 0.0961. The lowest BCUT2D eigenvalue weighted by Gasteiger charge is -2.46. The monoisotopic (exact) mass is 640 g/mol. The molecule has 2 aliphatic rings. The van der Waals surface area contributed by atoms with Crippen molar-refractivity contribution >= 4 is 35.1 Å². The number of nitrogens with one attached hydrogen (secondary N) is 2. The van der Waals surface area contributed by atoms with Crippen LogP contribution in [0.2, 0.25) is 10.0 Å². The second-order valence-corrected chi connectivity index (χ2v) is 12.9. The molecule has 0 aromatic heterocycles. The van der Waals surface area contributed by atoms with Gasteiger partial charge in [-0.1, -0.05) is 114 Å². The highest BCUT2D eigenvalue weighted by molar-refractivity contribution is 6.42. The van der Waals surface area contributed by atoms with Gasteiger partial charge in [0.2, 0.25) is 5.91 Å². The van der Waals surface area contributed by atoms with E-state index >= 15 is 0 Å². The van der Waals surface area contributed by atoms with E-state index in [0.29, 0.717) is 22.9 Å². The molecule has 45 heavy (non-hydrogen) atoms. The average Bonchev–Trinajstić information content (AvgIpc) is 3.06. The van der Waals surface area contributed by atoms with Crippen LogP contribution in [0.25, 0.3) is 0 Å². The Morgan fingerprint density at radius 2 is 1.49 bits per heavy atom. The molecule has 4 aromatic carbocycles. The molecule has 0 aliphatic carbocycles. The van der Waals surface area contributed by atoms with Crippen molar-refractivity contribution in [2.45, 2.75) is 43.3 Å². The zero-order valence-corrected chi connectivity index (χ0v) is 26.9. The second-order valence-electron chi connectivity index (χ2n) is 12.1. The molecule has 2 N–H and O–H groups in total. The molecule has 1 saturated heterocycles. The van der Waals surface area contributed by atoms with Gasteiger partial charge in [0.1, 0.15) is 0 Å². The van der Waals surface area contributed by atoms with Gasteiger partial charge in [-0.3, -0.25) is 4.79 Å². The van der Waals surface area contributed by atoms with Crippen molar-refractivity contribution in [2.24, 2.45) is 0 Å². The van der Waals surface area contributed by atoms with Crippen LogP contribution in [0, 0.1) is 0 Å². The van der Waals surface area contributed by atoms with Crippen molar-refractivity contribution in [3.63, 3.8) is 0 Å². The first-order valence-corrected chi connectivity index (χ1v) is 16.3. The minimum Gasteiger partial charge on any atom is -0.346 e. The number of hydrogen-bond acceptors (Lipinski definition) is 3. The Morgan fingerprint density at radius 1 is 0.867 bits per heavy atom. The maximum Gasteiger partial charge on any atom is 0.318 e. The molecule has 0 saturated carbocycles. The molecule has 232 valence electrons. The number of carbonyl (C=O) groups is 2. The van der Waals surface area contributed by atoms with Gasteiger partial charge in [0, 0.05) is 26.7 Å². The lowest BCUT2D eigenvalue weighted by Crippen LogP contribution is -2.56. The van der Waals surface area contributed by atoms with E-state index in [4.69, 9.17) is 23.2 Å². The summed E-state index contributed by atoms with van der Waals surface area (Å²) >= 11 is 12.8. The summed E-state index contributed by atoms with van der Waals surface area (Å²) < 4.78 is 0. The van der Waals surface area contributed by atoms with Gasteiger partial charge in [0.05, 0.1) is 34.1 Å². The third kappa shape index (κ3) is 6.89. The predicted octanol–water partition coefficient (Wildman–Crippen LogP) is 7.52. The van der Waals surface area contributed by atoms with E-state index < -0.39 is 0 Å². The SMILES string of the molecule is CN(C(=O)NC(c1ccccc1)c1ccccc1)[C@@H](CCN1CCC2(CC1)NC(=O)Cc1ccccc12)c1ccc(Cl)c(Cl)c1. The third-order valence-electron chi connectivity index (χ3n) is 9.34. The minimum atomic E-state index is -0.313. The van der Waals surface area contributed by atoms with Crippen LogP contribution in [0.3, 0.4) is 0 Å². The van der Waals surface area contributed by atoms with Gasteiger partial charge < -0.3 is 20.4 Å². The first kappa shape index (κ1) is 31.2. The zero-order valence-electron chi connectivity index (χ0n) is 25.4. The van der Waals surface area contributed by atoms with Gasteiger partial charge in [-0.2, -0.15) is 0 Å². The Kier molecular flexibility index (Phi) is 9.45. The molecule has 1 fully saturated rings. The van der Waals surface area contributed by atoms with Crippen LogP contribution in [0.5, 0.6) is 0 Å². The van der Waals surface area contributed by atoms with Crippen LogP contribution >= 0.6 is 23.2 Å². The molecule has 0 unspecified atom stereocenters. The molecule has 6 nitrogen and oxygen atoms in total. The Morgan fingerprint density at radius 3 is 2.13 bits per heavy atom. The lowest BCUT2D eigenvalue weighted by molar-refractivity contribution is -0.124. The molecule has 8 heteroatoms. The number of urea groups is 1. The van der Waals surface area contributed by atoms with Crippen molar-refractivity contribution in [3.05, 3.63) is 141 Å². The quantitative estimate of drug-likeness (QED) is 0.209. The summed E-state index contributed by atoms with van der Waals surface area (Å²) in [5.41, 5.74) is 5.02. The second kappa shape index (κ2) is 13.7. The lowest BCUT2D eigenvalue weighted by atomic mass is 9.75. The van der Waals surface area contributed by atoms with Crippen LogP contribution < -0.4 is 10.6 Å². The van der Waals surface area contributed by atoms with Gasteiger partial charge >= 0.3 is 6.03 Å². The molecule has 1 spiro atoms. The van der Waals surface area contributed by atoms with Crippen molar-refractivity contribution in [2.75, 3.05) is 26.7 Å². The zero-order chi connectivity index (χ0) is 31.4. The fraction of sp³-hybridized carbons (Fsp3) is 0.297. The van der Waals surface area contributed by atoms with Crippen LogP contribution in [0.4, 0.5) is 4.79 Å². The van der Waals surface area contributed by atoms with E-state index in [2.05, 4.69) is 33.7 Å². The van der Waals surface area contributed by atoms with E-state index in [0.717, 1.165) is 54.7 Å². The number of nitrogens with zero attached hydrogens (tertiary/aromatic N) is 2. The van der Waals surface area contributed by atoms with E-state index in [-0.39, 0.29) is 29.6 Å². The topological polar surface area (TPSA) is 64.7 Å². The van der Waals surface area contributed by atoms with Crippen LogP contribution in [-0.2, 0) is 16.8 Å². The van der Waals surface area contributed by atoms with E-state index in [1.54, 1.807) is 11.0 Å². The smallest absolute Gasteiger partial charge is 0.318 e. The number of carbonyl (C=O) groups excluding carboxylic acids is 2. The number of benzene rings is 4. The summed E-state index contributed by atoms with van der Waals surface area (Å²) in [6.45, 7) is 2.49. The molecule has 6 rings (SSSR count). The number of piperidine rings is 1. The summed E-state index contributed by atoms with van der Waals surface area (Å²) in [5, 5.41) is 7.57. The standard InChI is InChI=1S/C37H38Cl2N4O2/c1-42(36(45)40-35(26-10-4-2-5-11-26)27-12-6-3-7-13-27)33(29-16-17-31(38)32(39)24-29)18-21-43-22-19-37(20-23-43)30-15-9-8-14-28(30)25-34(44)41-37/h2-17,24,33,35H,18-23,25H2,1H3,(H,40,45)(H,41,44)/t33-/m0/s1. The number of hydrogen-bond donors (Lipinski definition) is 2. The fourth-order valence-electron chi connectivity index (χ4n) is 6.87. The summed E-state index contributed by atoms with van der Waals surface area (Å²) in [6.07, 6.45) is 2.84. The largest absolute Gasteiger partial charge is 0.346 e. The highest BCUT2D eigenvalue weighted by atomic mass is 35.5. The van der Waals surface area contributed by atoms with E-state index in [1.165, 1.54) is 5.56 Å². The first-order chi connectivity index (χ1) is 21.8. The Balaban J connectivity index is 1.19. The number of amides is 3. The van der Waals surface area contributed by atoms with Crippen molar-refractivity contribution in [1.29, 1.82) is 0 Å². The van der Waals surface area contributed by atoms with E-state index in [9.17, 15) is 9.59 Å². The Bertz CT molecular complexity index is 1600. The molecule has 3 amide bonds. The van der Waals surface area contributed by atoms with E-state index in [1.807, 2.05) is 85.9 Å². The predicted molar refractivity (Wildman–Crippen MR) is 180 cm³/mol. The first-order valence-electron chi connectivity index (χ1n) is 15.5. The van der Waals surface area contributed by atoms with Gasteiger partial charge in [-0.25, -0.2) is 4.79 Å². The molecule has 1 atom stereocenters. The van der Waals surface area contributed by atoms with Crippen LogP contribution in [0.15, 0.2) is 103 Å². The Hall–Kier alpha value is -3.84. The summed E-state index contributed by atoms with van der Waals surface area (Å²) in [5.74, 6) is 0.0961. The highest BCUT2D eigenvalue weighted by Gasteiger charge is 2.41. The molecule has 0 bridgehead atoms. The number of likely N-dealkylation sites (tertiary alicyclic amines) is 1. The Labute approximate surface area is 275 Å². The molecule has 2 aliphatic heterocycles. The van der Waals surface area contributed by atoms with Crippen LogP contribution in [-0.4, -0.2) is 48.4 Å². The normalized spacial score (nSPS) is 16.6. The maximum absolute atomic E-state index is 14.0. The maximum atomic E-state index is 14.0. The molecule has 4 aromatic rings. The third-order valence-corrected chi connectivity index (χ3v) is 10.1. The number of fused-ring (bicyclic) bond motifs is 2. The molecule has 0 radical (unpaired) electrons. The fourth-order valence-corrected chi connectivity index (χ4v) is 7.18.